The highest BCUT2D eigenvalue weighted by Gasteiger charge is 2.38. The predicted molar refractivity (Wildman–Crippen MR) is 131 cm³/mol. The molecule has 3 unspecified atom stereocenters. The molecule has 5 nitrogen and oxygen atoms in total. The fourth-order valence-corrected chi connectivity index (χ4v) is 4.86. The quantitative estimate of drug-likeness (QED) is 0.315. The van der Waals surface area contributed by atoms with E-state index in [0.717, 1.165) is 60.9 Å². The number of nitrogens with one attached hydrogen (secondary N) is 2. The van der Waals surface area contributed by atoms with Crippen molar-refractivity contribution in [3.63, 3.8) is 0 Å². The van der Waals surface area contributed by atoms with E-state index in [-0.39, 0.29) is 29.9 Å². The van der Waals surface area contributed by atoms with Gasteiger partial charge in [0.1, 0.15) is 0 Å². The zero-order valence-corrected chi connectivity index (χ0v) is 20.4. The second-order valence-corrected chi connectivity index (χ2v) is 8.56. The minimum atomic E-state index is 0. The third kappa shape index (κ3) is 6.86. The molecule has 1 aromatic carbocycles. The molecule has 2 bridgehead atoms. The van der Waals surface area contributed by atoms with Gasteiger partial charge in [-0.05, 0) is 74.5 Å². The topological polar surface area (TPSA) is 56.7 Å². The van der Waals surface area contributed by atoms with Crippen molar-refractivity contribution in [2.24, 2.45) is 22.7 Å². The third-order valence-electron chi connectivity index (χ3n) is 6.28. The molecule has 3 rings (SSSR count). The van der Waals surface area contributed by atoms with Crippen molar-refractivity contribution in [2.45, 2.75) is 45.4 Å². The molecule has 6 heteroatoms. The standard InChI is InChI=1S/C23H36N4O.HI/c1-4-24-23(26-13-11-20-16-18-8-9-19(20)15-18)25-12-10-17-6-5-7-21(14-17)22(28)27(2)3;/h5-7,14,18-20H,4,8-13,15-16H2,1-3H3,(H2,24,25,26);1H. The Labute approximate surface area is 193 Å². The Morgan fingerprint density at radius 3 is 2.69 bits per heavy atom. The average molecular weight is 512 g/mol. The zero-order valence-electron chi connectivity index (χ0n) is 18.1. The molecule has 0 spiro atoms. The van der Waals surface area contributed by atoms with Gasteiger partial charge in [-0.3, -0.25) is 9.79 Å². The number of hydrogen-bond donors (Lipinski definition) is 2. The van der Waals surface area contributed by atoms with Crippen molar-refractivity contribution in [2.75, 3.05) is 33.7 Å². The Morgan fingerprint density at radius 2 is 2.03 bits per heavy atom. The van der Waals surface area contributed by atoms with Gasteiger partial charge in [-0.15, -0.1) is 24.0 Å². The van der Waals surface area contributed by atoms with E-state index in [9.17, 15) is 4.79 Å². The van der Waals surface area contributed by atoms with Gasteiger partial charge in [0.05, 0.1) is 0 Å². The summed E-state index contributed by atoms with van der Waals surface area (Å²) in [7, 11) is 3.57. The summed E-state index contributed by atoms with van der Waals surface area (Å²) in [5.41, 5.74) is 1.91. The van der Waals surface area contributed by atoms with Crippen molar-refractivity contribution >= 4 is 35.8 Å². The molecule has 0 heterocycles. The number of fused-ring (bicyclic) bond motifs is 2. The molecular weight excluding hydrogens is 475 g/mol. The number of nitrogens with zero attached hydrogens (tertiary/aromatic N) is 2. The maximum atomic E-state index is 12.1. The van der Waals surface area contributed by atoms with E-state index in [1.54, 1.807) is 19.0 Å². The van der Waals surface area contributed by atoms with E-state index >= 15 is 0 Å². The second kappa shape index (κ2) is 11.8. The van der Waals surface area contributed by atoms with Gasteiger partial charge in [0.2, 0.25) is 0 Å². The number of amides is 1. The highest BCUT2D eigenvalue weighted by atomic mass is 127. The summed E-state index contributed by atoms with van der Waals surface area (Å²) in [6, 6.07) is 7.90. The van der Waals surface area contributed by atoms with Crippen molar-refractivity contribution in [1.29, 1.82) is 0 Å². The summed E-state index contributed by atoms with van der Waals surface area (Å²) in [4.78, 5) is 18.5. The fourth-order valence-electron chi connectivity index (χ4n) is 4.86. The maximum Gasteiger partial charge on any atom is 0.253 e. The molecule has 2 aliphatic carbocycles. The van der Waals surface area contributed by atoms with Crippen molar-refractivity contribution in [3.05, 3.63) is 35.4 Å². The average Bonchev–Trinajstić information content (AvgIpc) is 3.31. The third-order valence-corrected chi connectivity index (χ3v) is 6.28. The minimum Gasteiger partial charge on any atom is -0.357 e. The van der Waals surface area contributed by atoms with Gasteiger partial charge in [0, 0.05) is 39.3 Å². The van der Waals surface area contributed by atoms with Crippen LogP contribution in [0.1, 0.15) is 54.9 Å². The summed E-state index contributed by atoms with van der Waals surface area (Å²) in [5, 5.41) is 6.79. The Kier molecular flexibility index (Phi) is 9.72. The molecule has 29 heavy (non-hydrogen) atoms. The van der Waals surface area contributed by atoms with Gasteiger partial charge in [0.25, 0.3) is 5.91 Å². The SMILES string of the molecule is CCNC(=NCCC1CC2CCC1C2)NCCc1cccc(C(=O)N(C)C)c1.I. The summed E-state index contributed by atoms with van der Waals surface area (Å²) in [5.74, 6) is 3.85. The van der Waals surface area contributed by atoms with Crippen LogP contribution in [0.15, 0.2) is 29.3 Å². The molecule has 3 atom stereocenters. The van der Waals surface area contributed by atoms with Crippen LogP contribution in [0.4, 0.5) is 0 Å². The van der Waals surface area contributed by atoms with Crippen LogP contribution in [-0.4, -0.2) is 50.5 Å². The van der Waals surface area contributed by atoms with Crippen LogP contribution >= 0.6 is 24.0 Å². The van der Waals surface area contributed by atoms with E-state index in [1.165, 1.54) is 32.1 Å². The van der Waals surface area contributed by atoms with Gasteiger partial charge < -0.3 is 15.5 Å². The highest BCUT2D eigenvalue weighted by Crippen LogP contribution is 2.49. The molecule has 2 fully saturated rings. The van der Waals surface area contributed by atoms with Crippen LogP contribution < -0.4 is 10.6 Å². The van der Waals surface area contributed by atoms with Crippen LogP contribution in [0.25, 0.3) is 0 Å². The molecule has 0 aromatic heterocycles. The summed E-state index contributed by atoms with van der Waals surface area (Å²) in [6.45, 7) is 4.69. The monoisotopic (exact) mass is 512 g/mol. The molecule has 1 aromatic rings. The molecule has 162 valence electrons. The molecule has 0 aliphatic heterocycles. The number of benzene rings is 1. The van der Waals surface area contributed by atoms with Crippen molar-refractivity contribution < 1.29 is 4.79 Å². The zero-order chi connectivity index (χ0) is 19.9. The Hall–Kier alpha value is -1.31. The van der Waals surface area contributed by atoms with Gasteiger partial charge >= 0.3 is 0 Å². The van der Waals surface area contributed by atoms with Crippen molar-refractivity contribution in [1.82, 2.24) is 15.5 Å². The lowest BCUT2D eigenvalue weighted by Gasteiger charge is -2.20. The number of aliphatic imine (C=N–C) groups is 1. The molecular formula is C23H37IN4O. The van der Waals surface area contributed by atoms with Gasteiger partial charge in [-0.2, -0.15) is 0 Å². The summed E-state index contributed by atoms with van der Waals surface area (Å²) >= 11 is 0. The number of halogens is 1. The van der Waals surface area contributed by atoms with Crippen molar-refractivity contribution in [3.8, 4) is 0 Å². The summed E-state index contributed by atoms with van der Waals surface area (Å²) in [6.07, 6.45) is 7.93. The van der Waals surface area contributed by atoms with Gasteiger partial charge in [0.15, 0.2) is 5.96 Å². The first kappa shape index (κ1) is 24.0. The van der Waals surface area contributed by atoms with Crippen LogP contribution in [0, 0.1) is 17.8 Å². The first-order chi connectivity index (χ1) is 13.6. The molecule has 2 aliphatic rings. The molecule has 2 saturated carbocycles. The normalized spacial score (nSPS) is 22.9. The Morgan fingerprint density at radius 1 is 1.21 bits per heavy atom. The molecule has 0 saturated heterocycles. The number of carbonyl (C=O) groups excluding carboxylic acids is 1. The predicted octanol–water partition coefficient (Wildman–Crippen LogP) is 3.93. The second-order valence-electron chi connectivity index (χ2n) is 8.56. The van der Waals surface area contributed by atoms with E-state index < -0.39 is 0 Å². The summed E-state index contributed by atoms with van der Waals surface area (Å²) < 4.78 is 0. The first-order valence-corrected chi connectivity index (χ1v) is 10.9. The number of rotatable bonds is 8. The van der Waals surface area contributed by atoms with Crippen LogP contribution in [0.2, 0.25) is 0 Å². The van der Waals surface area contributed by atoms with E-state index in [1.807, 2.05) is 18.2 Å². The molecule has 0 radical (unpaired) electrons. The minimum absolute atomic E-state index is 0. The molecule has 1 amide bonds. The number of guanidine groups is 1. The highest BCUT2D eigenvalue weighted by molar-refractivity contribution is 14.0. The maximum absolute atomic E-state index is 12.1. The van der Waals surface area contributed by atoms with Gasteiger partial charge in [-0.1, -0.05) is 18.6 Å². The number of carbonyl (C=O) groups is 1. The molecule has 2 N–H and O–H groups in total. The number of hydrogen-bond acceptors (Lipinski definition) is 2. The largest absolute Gasteiger partial charge is 0.357 e. The fraction of sp³-hybridized carbons (Fsp3) is 0.652. The Balaban J connectivity index is 0.00000300. The van der Waals surface area contributed by atoms with E-state index in [0.29, 0.717) is 0 Å². The Bertz CT molecular complexity index is 691. The van der Waals surface area contributed by atoms with Crippen LogP contribution in [-0.2, 0) is 6.42 Å². The van der Waals surface area contributed by atoms with Gasteiger partial charge in [-0.25, -0.2) is 0 Å². The van der Waals surface area contributed by atoms with E-state index in [4.69, 9.17) is 4.99 Å². The van der Waals surface area contributed by atoms with Crippen LogP contribution in [0.5, 0.6) is 0 Å². The lowest BCUT2D eigenvalue weighted by molar-refractivity contribution is 0.0827. The smallest absolute Gasteiger partial charge is 0.253 e. The lowest BCUT2D eigenvalue weighted by atomic mass is 9.86. The lowest BCUT2D eigenvalue weighted by Crippen LogP contribution is -2.38. The first-order valence-electron chi connectivity index (χ1n) is 10.9. The van der Waals surface area contributed by atoms with Crippen LogP contribution in [0.3, 0.4) is 0 Å². The van der Waals surface area contributed by atoms with E-state index in [2.05, 4.69) is 23.6 Å².